The highest BCUT2D eigenvalue weighted by Gasteiger charge is 2.23. The third kappa shape index (κ3) is 4.53. The van der Waals surface area contributed by atoms with Gasteiger partial charge in [0.1, 0.15) is 5.82 Å². The predicted molar refractivity (Wildman–Crippen MR) is 69.7 cm³/mol. The molecule has 4 nitrogen and oxygen atoms in total. The van der Waals surface area contributed by atoms with Crippen LogP contribution in [-0.2, 0) is 4.79 Å². The van der Waals surface area contributed by atoms with Gasteiger partial charge in [-0.25, -0.2) is 4.98 Å². The second kappa shape index (κ2) is 5.27. The van der Waals surface area contributed by atoms with Gasteiger partial charge in [0, 0.05) is 18.2 Å². The minimum atomic E-state index is -0.160. The van der Waals surface area contributed by atoms with E-state index in [9.17, 15) is 4.79 Å². The van der Waals surface area contributed by atoms with Crippen molar-refractivity contribution in [2.75, 3.05) is 5.32 Å². The number of pyridine rings is 1. The van der Waals surface area contributed by atoms with Gasteiger partial charge in [0.15, 0.2) is 0 Å². The molecule has 0 aliphatic rings. The van der Waals surface area contributed by atoms with Gasteiger partial charge in [-0.05, 0) is 24.5 Å². The van der Waals surface area contributed by atoms with Gasteiger partial charge in [-0.1, -0.05) is 26.8 Å². The van der Waals surface area contributed by atoms with E-state index >= 15 is 0 Å². The highest BCUT2D eigenvalue weighted by molar-refractivity contribution is 5.90. The normalized spacial score (nSPS) is 13.2. The Morgan fingerprint density at radius 1 is 1.47 bits per heavy atom. The van der Waals surface area contributed by atoms with Crippen LogP contribution in [0.4, 0.5) is 5.82 Å². The van der Waals surface area contributed by atoms with E-state index in [1.165, 1.54) is 0 Å². The van der Waals surface area contributed by atoms with Gasteiger partial charge in [-0.3, -0.25) is 4.79 Å². The van der Waals surface area contributed by atoms with Gasteiger partial charge in [0.2, 0.25) is 5.91 Å². The number of nitrogens with two attached hydrogens (primary N) is 1. The summed E-state index contributed by atoms with van der Waals surface area (Å²) in [5, 5.41) is 2.76. The summed E-state index contributed by atoms with van der Waals surface area (Å²) in [6.45, 7) is 7.96. The van der Waals surface area contributed by atoms with Crippen molar-refractivity contribution in [3.63, 3.8) is 0 Å². The molecule has 0 bridgehead atoms. The van der Waals surface area contributed by atoms with Crippen LogP contribution >= 0.6 is 0 Å². The Hall–Kier alpha value is -1.42. The third-order valence-electron chi connectivity index (χ3n) is 2.67. The maximum Gasteiger partial charge on any atom is 0.227 e. The first-order valence-electron chi connectivity index (χ1n) is 5.78. The van der Waals surface area contributed by atoms with Gasteiger partial charge in [-0.15, -0.1) is 0 Å². The molecule has 17 heavy (non-hydrogen) atoms. The fraction of sp³-hybridized carbons (Fsp3) is 0.538. The van der Waals surface area contributed by atoms with Crippen molar-refractivity contribution in [3.8, 4) is 0 Å². The fourth-order valence-electron chi connectivity index (χ4n) is 1.31. The average Bonchev–Trinajstić information content (AvgIpc) is 2.15. The number of amides is 1. The molecule has 1 amide bonds. The second-order valence-electron chi connectivity index (χ2n) is 5.39. The maximum absolute atomic E-state index is 11.7. The van der Waals surface area contributed by atoms with Crippen LogP contribution in [0, 0.1) is 12.3 Å². The molecule has 1 heterocycles. The van der Waals surface area contributed by atoms with Gasteiger partial charge in [-0.2, -0.15) is 0 Å². The Morgan fingerprint density at radius 2 is 2.12 bits per heavy atom. The van der Waals surface area contributed by atoms with Crippen molar-refractivity contribution in [2.24, 2.45) is 11.1 Å². The smallest absolute Gasteiger partial charge is 0.227 e. The zero-order chi connectivity index (χ0) is 13.1. The van der Waals surface area contributed by atoms with Crippen molar-refractivity contribution >= 4 is 11.7 Å². The molecular weight excluding hydrogens is 214 g/mol. The quantitative estimate of drug-likeness (QED) is 0.843. The van der Waals surface area contributed by atoms with Crippen LogP contribution in [0.2, 0.25) is 0 Å². The Labute approximate surface area is 103 Å². The van der Waals surface area contributed by atoms with Gasteiger partial charge in [0.05, 0.1) is 0 Å². The van der Waals surface area contributed by atoms with Gasteiger partial charge in [0.25, 0.3) is 0 Å². The van der Waals surface area contributed by atoms with Gasteiger partial charge < -0.3 is 11.1 Å². The number of hydrogen-bond donors (Lipinski definition) is 2. The molecule has 0 fully saturated rings. The van der Waals surface area contributed by atoms with Crippen molar-refractivity contribution in [2.45, 2.75) is 40.2 Å². The largest absolute Gasteiger partial charge is 0.327 e. The molecule has 0 aromatic carbocycles. The van der Waals surface area contributed by atoms with Crippen LogP contribution in [0.3, 0.4) is 0 Å². The summed E-state index contributed by atoms with van der Waals surface area (Å²) >= 11 is 0. The molecule has 1 unspecified atom stereocenters. The molecule has 0 aliphatic carbocycles. The Kier molecular flexibility index (Phi) is 4.23. The van der Waals surface area contributed by atoms with Crippen LogP contribution in [0.15, 0.2) is 18.2 Å². The Balaban J connectivity index is 2.56. The molecule has 1 rings (SSSR count). The molecule has 0 radical (unpaired) electrons. The average molecular weight is 235 g/mol. The van der Waals surface area contributed by atoms with Crippen molar-refractivity contribution in [1.82, 2.24) is 4.98 Å². The standard InChI is InChI=1S/C13H21N3O/c1-9-6-5-7-11(15-9)16-12(17)8-10(14)13(2,3)4/h5-7,10H,8,14H2,1-4H3,(H,15,16,17). The number of carbonyl (C=O) groups is 1. The predicted octanol–water partition coefficient (Wildman–Crippen LogP) is 2.09. The molecule has 0 saturated heterocycles. The topological polar surface area (TPSA) is 68.0 Å². The molecule has 3 N–H and O–H groups in total. The summed E-state index contributed by atoms with van der Waals surface area (Å²) in [6, 6.07) is 5.36. The highest BCUT2D eigenvalue weighted by atomic mass is 16.1. The molecule has 0 aliphatic heterocycles. The molecule has 1 aromatic heterocycles. The van der Waals surface area contributed by atoms with E-state index in [2.05, 4.69) is 10.3 Å². The lowest BCUT2D eigenvalue weighted by molar-refractivity contribution is -0.117. The number of carbonyl (C=O) groups excluding carboxylic acids is 1. The Morgan fingerprint density at radius 3 is 2.65 bits per heavy atom. The SMILES string of the molecule is Cc1cccc(NC(=O)CC(N)C(C)(C)C)n1. The summed E-state index contributed by atoms with van der Waals surface area (Å²) in [5.41, 5.74) is 6.76. The number of nitrogens with zero attached hydrogens (tertiary/aromatic N) is 1. The van der Waals surface area contributed by atoms with Crippen molar-refractivity contribution in [1.29, 1.82) is 0 Å². The number of nitrogens with one attached hydrogen (secondary N) is 1. The van der Waals surface area contributed by atoms with Crippen LogP contribution in [0.25, 0.3) is 0 Å². The van der Waals surface area contributed by atoms with Crippen LogP contribution < -0.4 is 11.1 Å². The third-order valence-corrected chi connectivity index (χ3v) is 2.67. The van der Waals surface area contributed by atoms with Crippen LogP contribution in [0.1, 0.15) is 32.9 Å². The zero-order valence-corrected chi connectivity index (χ0v) is 10.9. The minimum absolute atomic E-state index is 0.0721. The number of aryl methyl sites for hydroxylation is 1. The molecule has 94 valence electrons. The first kappa shape index (κ1) is 13.6. The van der Waals surface area contributed by atoms with Crippen molar-refractivity contribution in [3.05, 3.63) is 23.9 Å². The second-order valence-corrected chi connectivity index (χ2v) is 5.39. The summed E-state index contributed by atoms with van der Waals surface area (Å²) < 4.78 is 0. The van der Waals surface area contributed by atoms with Crippen molar-refractivity contribution < 1.29 is 4.79 Å². The van der Waals surface area contributed by atoms with Gasteiger partial charge >= 0.3 is 0 Å². The summed E-state index contributed by atoms with van der Waals surface area (Å²) in [6.07, 6.45) is 0.305. The summed E-state index contributed by atoms with van der Waals surface area (Å²) in [7, 11) is 0. The molecule has 0 saturated carbocycles. The Bertz CT molecular complexity index is 396. The monoisotopic (exact) mass is 235 g/mol. The van der Waals surface area contributed by atoms with E-state index in [0.29, 0.717) is 12.2 Å². The van der Waals surface area contributed by atoms with E-state index in [4.69, 9.17) is 5.73 Å². The lowest BCUT2D eigenvalue weighted by Gasteiger charge is -2.26. The van der Waals surface area contributed by atoms with E-state index in [1.54, 1.807) is 6.07 Å². The highest BCUT2D eigenvalue weighted by Crippen LogP contribution is 2.20. The molecule has 1 atom stereocenters. The zero-order valence-electron chi connectivity index (χ0n) is 10.9. The molecular formula is C13H21N3O. The van der Waals surface area contributed by atoms with E-state index in [-0.39, 0.29) is 17.4 Å². The first-order chi connectivity index (χ1) is 7.79. The van der Waals surface area contributed by atoms with E-state index < -0.39 is 0 Å². The lowest BCUT2D eigenvalue weighted by Crippen LogP contribution is -2.38. The summed E-state index contributed by atoms with van der Waals surface area (Å²) in [5.74, 6) is 0.488. The number of aromatic nitrogens is 1. The molecule has 1 aromatic rings. The minimum Gasteiger partial charge on any atom is -0.327 e. The van der Waals surface area contributed by atoms with E-state index in [1.807, 2.05) is 39.8 Å². The molecule has 0 spiro atoms. The number of rotatable bonds is 3. The first-order valence-corrected chi connectivity index (χ1v) is 5.78. The number of hydrogen-bond acceptors (Lipinski definition) is 3. The van der Waals surface area contributed by atoms with Crippen LogP contribution in [-0.4, -0.2) is 16.9 Å². The molecule has 4 heteroatoms. The van der Waals surface area contributed by atoms with Crippen LogP contribution in [0.5, 0.6) is 0 Å². The maximum atomic E-state index is 11.7. The summed E-state index contributed by atoms with van der Waals surface area (Å²) in [4.78, 5) is 16.0. The van der Waals surface area contributed by atoms with E-state index in [0.717, 1.165) is 5.69 Å². The fourth-order valence-corrected chi connectivity index (χ4v) is 1.31. The number of anilines is 1. The lowest BCUT2D eigenvalue weighted by atomic mass is 9.85.